The van der Waals surface area contributed by atoms with E-state index in [1.807, 2.05) is 69.2 Å². The van der Waals surface area contributed by atoms with Gasteiger partial charge in [0.15, 0.2) is 0 Å². The molecule has 3 rings (SSSR count). The molecule has 3 aliphatic rings. The molecule has 15 heteroatoms. The van der Waals surface area contributed by atoms with Crippen LogP contribution >= 0.6 is 0 Å². The van der Waals surface area contributed by atoms with Gasteiger partial charge in [-0.25, -0.2) is 14.4 Å². The van der Waals surface area contributed by atoms with Gasteiger partial charge in [-0.1, -0.05) is 98.4 Å². The Kier molecular flexibility index (Phi) is 46.7. The first-order valence-electron chi connectivity index (χ1n) is 25.0. The largest absolute Gasteiger partial charge is 0.463 e. The van der Waals surface area contributed by atoms with E-state index in [1.54, 1.807) is 0 Å². The summed E-state index contributed by atoms with van der Waals surface area (Å²) in [7, 11) is 0. The molecule has 0 aromatic carbocycles. The zero-order valence-corrected chi connectivity index (χ0v) is 43.0. The summed E-state index contributed by atoms with van der Waals surface area (Å²) >= 11 is 0. The number of ether oxygens (including phenoxy) is 9. The van der Waals surface area contributed by atoms with E-state index in [9.17, 15) is 28.8 Å². The molecule has 0 aliphatic heterocycles. The zero-order valence-electron chi connectivity index (χ0n) is 43.0. The first kappa shape index (κ1) is 80.1. The minimum absolute atomic E-state index is 0. The van der Waals surface area contributed by atoms with Crippen LogP contribution in [-0.4, -0.2) is 112 Å². The molecular formula is C57H114O15. The van der Waals surface area contributed by atoms with Crippen molar-refractivity contribution in [2.45, 2.75) is 260 Å². The quantitative estimate of drug-likeness (QED) is 0.0477. The summed E-state index contributed by atoms with van der Waals surface area (Å²) in [5, 5.41) is 0. The van der Waals surface area contributed by atoms with Crippen LogP contribution in [0.4, 0.5) is 0 Å². The lowest BCUT2D eigenvalue weighted by atomic mass is 9.83. The van der Waals surface area contributed by atoms with Crippen LogP contribution in [0.25, 0.3) is 0 Å². The van der Waals surface area contributed by atoms with Gasteiger partial charge in [-0.3, -0.25) is 14.4 Å². The minimum Gasteiger partial charge on any atom is -0.463 e. The summed E-state index contributed by atoms with van der Waals surface area (Å²) in [6.07, 6.45) is 18.9. The first-order chi connectivity index (χ1) is 31.1. The number of esters is 6. The van der Waals surface area contributed by atoms with Crippen molar-refractivity contribution in [3.63, 3.8) is 0 Å². The van der Waals surface area contributed by atoms with Gasteiger partial charge in [0.25, 0.3) is 0 Å². The Bertz CT molecular complexity index is 1420. The fourth-order valence-electron chi connectivity index (χ4n) is 7.45. The van der Waals surface area contributed by atoms with E-state index in [1.165, 1.54) is 19.3 Å². The molecule has 0 aromatic heterocycles. The molecule has 3 fully saturated rings. The second-order valence-electron chi connectivity index (χ2n) is 19.9. The van der Waals surface area contributed by atoms with Crippen molar-refractivity contribution in [1.29, 1.82) is 0 Å². The standard InChI is InChI=1S/C18H32O5.C17H30O5.C16H28O5.6CH4/c1-5-17(3,4)16(20)22-13-12-21-14-15(19)23-18(6-2)10-8-7-9-11-18;1-5-16(2,3)15(19)21-12-11-20-13-14(18)22-17(4)9-7-6-8-10-17;1-4-13(2)15(18)20-11-10-19-12-14(17)21-16(3)8-6-5-7-9-16;;;;;;/h5-14H2,1-4H3;5-13H2,1-4H3;13H,4-12H2,1-3H3;6*1H4. The molecule has 72 heavy (non-hydrogen) atoms. The molecule has 0 heterocycles. The number of hydrogen-bond donors (Lipinski definition) is 0. The Labute approximate surface area is 441 Å². The summed E-state index contributed by atoms with van der Waals surface area (Å²) in [6.45, 7) is 21.9. The number of carbonyl (C=O) groups is 6. The van der Waals surface area contributed by atoms with E-state index < -0.39 is 10.8 Å². The van der Waals surface area contributed by atoms with Crippen LogP contribution in [-0.2, 0) is 71.4 Å². The van der Waals surface area contributed by atoms with Crippen LogP contribution < -0.4 is 0 Å². The molecule has 0 aromatic rings. The summed E-state index contributed by atoms with van der Waals surface area (Å²) < 4.78 is 47.7. The van der Waals surface area contributed by atoms with E-state index in [2.05, 4.69) is 6.92 Å². The van der Waals surface area contributed by atoms with Crippen LogP contribution in [0.5, 0.6) is 0 Å². The highest BCUT2D eigenvalue weighted by atomic mass is 16.6. The van der Waals surface area contributed by atoms with E-state index in [0.717, 1.165) is 103 Å². The fourth-order valence-corrected chi connectivity index (χ4v) is 7.45. The average molecular weight is 1040 g/mol. The topological polar surface area (TPSA) is 185 Å². The van der Waals surface area contributed by atoms with Crippen molar-refractivity contribution < 1.29 is 71.4 Å². The molecule has 3 saturated carbocycles. The van der Waals surface area contributed by atoms with Gasteiger partial charge in [0, 0.05) is 0 Å². The highest BCUT2D eigenvalue weighted by molar-refractivity contribution is 5.76. The summed E-state index contributed by atoms with van der Waals surface area (Å²) in [6, 6.07) is 0. The van der Waals surface area contributed by atoms with Crippen molar-refractivity contribution in [2.24, 2.45) is 16.7 Å². The van der Waals surface area contributed by atoms with Gasteiger partial charge in [-0.15, -0.1) is 0 Å². The van der Waals surface area contributed by atoms with Crippen LogP contribution in [0, 0.1) is 16.7 Å². The maximum absolute atomic E-state index is 11.9. The molecule has 0 amide bonds. The van der Waals surface area contributed by atoms with Gasteiger partial charge in [0.05, 0.1) is 36.6 Å². The van der Waals surface area contributed by atoms with Gasteiger partial charge < -0.3 is 42.6 Å². The summed E-state index contributed by atoms with van der Waals surface area (Å²) in [5.74, 6) is -1.81. The van der Waals surface area contributed by atoms with Crippen LogP contribution in [0.1, 0.15) is 243 Å². The zero-order chi connectivity index (χ0) is 49.7. The Morgan fingerprint density at radius 3 is 1.06 bits per heavy atom. The molecule has 0 spiro atoms. The van der Waals surface area contributed by atoms with Crippen molar-refractivity contribution in [1.82, 2.24) is 0 Å². The molecule has 0 saturated heterocycles. The highest BCUT2D eigenvalue weighted by Gasteiger charge is 2.35. The maximum Gasteiger partial charge on any atom is 0.332 e. The first-order valence-corrected chi connectivity index (χ1v) is 25.0. The normalized spacial score (nSPS) is 16.5. The van der Waals surface area contributed by atoms with Gasteiger partial charge in [-0.05, 0) is 144 Å². The molecule has 0 bridgehead atoms. The van der Waals surface area contributed by atoms with Crippen LogP contribution in [0.2, 0.25) is 0 Å². The third-order valence-corrected chi connectivity index (χ3v) is 13.2. The Morgan fingerprint density at radius 1 is 0.444 bits per heavy atom. The monoisotopic (exact) mass is 1040 g/mol. The average Bonchev–Trinajstić information content (AvgIpc) is 3.28. The SMILES string of the molecule is C.C.C.C.C.C.CCC(C)(C)C(=O)OCCOCC(=O)OC1(C)CCCCC1.CCC(C)C(=O)OCCOCC(=O)OC1(C)CCCCC1.CCC1(OC(=O)COCCOC(=O)C(C)(C)CC)CCCCC1. The fraction of sp³-hybridized carbons (Fsp3) is 0.895. The number of rotatable bonds is 25. The van der Waals surface area contributed by atoms with Gasteiger partial charge in [0.2, 0.25) is 0 Å². The third-order valence-electron chi connectivity index (χ3n) is 13.2. The van der Waals surface area contributed by atoms with Crippen molar-refractivity contribution in [3.05, 3.63) is 0 Å². The van der Waals surface area contributed by atoms with E-state index in [4.69, 9.17) is 42.6 Å². The predicted molar refractivity (Wildman–Crippen MR) is 291 cm³/mol. The second-order valence-corrected chi connectivity index (χ2v) is 19.9. The number of hydrogen-bond acceptors (Lipinski definition) is 15. The minimum atomic E-state index is -0.479. The third kappa shape index (κ3) is 33.5. The molecule has 1 unspecified atom stereocenters. The molecule has 15 nitrogen and oxygen atoms in total. The van der Waals surface area contributed by atoms with Gasteiger partial charge in [0.1, 0.15) is 56.4 Å². The second kappa shape index (κ2) is 42.0. The van der Waals surface area contributed by atoms with Crippen molar-refractivity contribution in [3.8, 4) is 0 Å². The molecular weight excluding hydrogens is 925 g/mol. The van der Waals surface area contributed by atoms with Gasteiger partial charge >= 0.3 is 35.8 Å². The Morgan fingerprint density at radius 2 is 0.750 bits per heavy atom. The predicted octanol–water partition coefficient (Wildman–Crippen LogP) is 13.6. The molecule has 0 N–H and O–H groups in total. The van der Waals surface area contributed by atoms with Crippen molar-refractivity contribution >= 4 is 35.8 Å². The van der Waals surface area contributed by atoms with E-state index in [-0.39, 0.29) is 163 Å². The van der Waals surface area contributed by atoms with E-state index in [0.29, 0.717) is 0 Å². The lowest BCUT2D eigenvalue weighted by molar-refractivity contribution is -0.170. The molecule has 3 aliphatic carbocycles. The number of carbonyl (C=O) groups excluding carboxylic acids is 6. The Balaban J connectivity index is -0.000000218. The van der Waals surface area contributed by atoms with Crippen LogP contribution in [0.3, 0.4) is 0 Å². The van der Waals surface area contributed by atoms with E-state index >= 15 is 0 Å². The van der Waals surface area contributed by atoms with Gasteiger partial charge in [-0.2, -0.15) is 0 Å². The smallest absolute Gasteiger partial charge is 0.332 e. The molecule has 432 valence electrons. The molecule has 1 atom stereocenters. The maximum atomic E-state index is 11.9. The van der Waals surface area contributed by atoms with Crippen LogP contribution in [0.15, 0.2) is 0 Å². The summed E-state index contributed by atoms with van der Waals surface area (Å²) in [5.41, 5.74) is -1.92. The van der Waals surface area contributed by atoms with Crippen molar-refractivity contribution in [2.75, 3.05) is 59.5 Å². The lowest BCUT2D eigenvalue weighted by Gasteiger charge is -2.35. The summed E-state index contributed by atoms with van der Waals surface area (Å²) in [4.78, 5) is 70.3. The molecule has 0 radical (unpaired) electrons. The highest BCUT2D eigenvalue weighted by Crippen LogP contribution is 2.35. The Hall–Kier alpha value is -3.30. The lowest BCUT2D eigenvalue weighted by Crippen LogP contribution is -2.37.